The van der Waals surface area contributed by atoms with Crippen molar-refractivity contribution in [1.82, 2.24) is 10.2 Å². The van der Waals surface area contributed by atoms with Gasteiger partial charge in [-0.25, -0.2) is 4.39 Å². The number of carbonyl (C=O) groups is 2. The molecule has 152 valence electrons. The molecule has 1 aliphatic rings. The smallest absolute Gasteiger partial charge is 0.271 e. The van der Waals surface area contributed by atoms with Gasteiger partial charge in [0.2, 0.25) is 0 Å². The molecule has 2 aromatic rings. The highest BCUT2D eigenvalue weighted by Gasteiger charge is 2.46. The maximum absolute atomic E-state index is 13.2. The summed E-state index contributed by atoms with van der Waals surface area (Å²) in [7, 11) is 1.57. The van der Waals surface area contributed by atoms with Crippen molar-refractivity contribution in [3.63, 3.8) is 0 Å². The number of hydrogen-bond acceptors (Lipinski definition) is 3. The zero-order valence-corrected chi connectivity index (χ0v) is 17.1. The molecule has 2 aromatic carbocycles. The number of nitriles is 1. The molecular formula is C24H22FN3O2. The Morgan fingerprint density at radius 2 is 1.93 bits per heavy atom. The number of halogens is 1. The first kappa shape index (κ1) is 21.0. The van der Waals surface area contributed by atoms with Crippen molar-refractivity contribution in [3.8, 4) is 6.07 Å². The van der Waals surface area contributed by atoms with Crippen LogP contribution < -0.4 is 5.32 Å². The van der Waals surface area contributed by atoms with Gasteiger partial charge in [-0.2, -0.15) is 5.26 Å². The van der Waals surface area contributed by atoms with Crippen molar-refractivity contribution >= 4 is 23.5 Å². The molecule has 1 atom stereocenters. The van der Waals surface area contributed by atoms with Crippen LogP contribution in [0.1, 0.15) is 36.1 Å². The van der Waals surface area contributed by atoms with E-state index in [-0.39, 0.29) is 29.7 Å². The molecule has 1 saturated heterocycles. The normalized spacial score (nSPS) is 20.4. The molecule has 0 saturated carbocycles. The molecule has 0 radical (unpaired) electrons. The van der Waals surface area contributed by atoms with Crippen molar-refractivity contribution < 1.29 is 14.0 Å². The summed E-state index contributed by atoms with van der Waals surface area (Å²) >= 11 is 0. The lowest BCUT2D eigenvalue weighted by atomic mass is 9.86. The van der Waals surface area contributed by atoms with E-state index < -0.39 is 5.54 Å². The fourth-order valence-electron chi connectivity index (χ4n) is 3.68. The summed E-state index contributed by atoms with van der Waals surface area (Å²) in [6, 6.07) is 13.2. The van der Waals surface area contributed by atoms with E-state index in [2.05, 4.69) is 18.0 Å². The van der Waals surface area contributed by atoms with Gasteiger partial charge in [0.25, 0.3) is 11.8 Å². The minimum absolute atomic E-state index is 0.130. The molecule has 6 heteroatoms. The van der Waals surface area contributed by atoms with Crippen LogP contribution in [0, 0.1) is 17.1 Å². The van der Waals surface area contributed by atoms with Gasteiger partial charge in [-0.05, 0) is 48.7 Å². The average molecular weight is 403 g/mol. The highest BCUT2D eigenvalue weighted by molar-refractivity contribution is 6.11. The molecule has 0 spiro atoms. The topological polar surface area (TPSA) is 73.2 Å². The number of piperazine rings is 1. The fourth-order valence-corrected chi connectivity index (χ4v) is 3.68. The lowest BCUT2D eigenvalue weighted by Crippen LogP contribution is -2.64. The first-order valence-electron chi connectivity index (χ1n) is 9.43. The summed E-state index contributed by atoms with van der Waals surface area (Å²) in [5.41, 5.74) is 1.87. The van der Waals surface area contributed by atoms with Gasteiger partial charge in [0.05, 0.1) is 11.6 Å². The van der Waals surface area contributed by atoms with E-state index in [1.807, 2.05) is 0 Å². The van der Waals surface area contributed by atoms with Crippen LogP contribution in [0.25, 0.3) is 11.6 Å². The number of hydrogen-bond donors (Lipinski definition) is 1. The van der Waals surface area contributed by atoms with E-state index in [0.717, 1.165) is 5.56 Å². The number of amides is 2. The van der Waals surface area contributed by atoms with Gasteiger partial charge in [-0.3, -0.25) is 9.59 Å². The highest BCUT2D eigenvalue weighted by atomic mass is 19.1. The molecule has 0 aliphatic carbocycles. The number of nitrogens with one attached hydrogen (secondary N) is 1. The van der Waals surface area contributed by atoms with Crippen LogP contribution in [0.3, 0.4) is 0 Å². The van der Waals surface area contributed by atoms with E-state index in [9.17, 15) is 19.2 Å². The zero-order valence-electron chi connectivity index (χ0n) is 17.1. The minimum atomic E-state index is -1.14. The third-order valence-corrected chi connectivity index (χ3v) is 5.64. The van der Waals surface area contributed by atoms with E-state index in [0.29, 0.717) is 22.3 Å². The second-order valence-corrected chi connectivity index (χ2v) is 7.48. The van der Waals surface area contributed by atoms with Crippen molar-refractivity contribution in [2.75, 3.05) is 7.05 Å². The molecule has 5 nitrogen and oxygen atoms in total. The number of likely N-dealkylation sites (N-methyl/N-ethyl adjacent to an activating group) is 1. The van der Waals surface area contributed by atoms with Gasteiger partial charge in [-0.1, -0.05) is 36.9 Å². The number of benzene rings is 2. The van der Waals surface area contributed by atoms with Crippen LogP contribution >= 0.6 is 0 Å². The molecule has 1 aliphatic heterocycles. The Bertz CT molecular complexity index is 1110. The number of allylic oxidation sites excluding steroid dienone is 1. The SMILES string of the molecule is C=Cc1cccc(C#N)c1C(C)=C1NC(=O)C(C)(Cc2ccc(F)cc2)N(C)C1=O. The molecule has 1 N–H and O–H groups in total. The lowest BCUT2D eigenvalue weighted by molar-refractivity contribution is -0.147. The third kappa shape index (κ3) is 3.50. The molecule has 1 unspecified atom stereocenters. The van der Waals surface area contributed by atoms with Crippen molar-refractivity contribution in [2.24, 2.45) is 0 Å². The molecule has 1 heterocycles. The zero-order chi connectivity index (χ0) is 22.1. The minimum Gasteiger partial charge on any atom is -0.326 e. The number of carbonyl (C=O) groups excluding carboxylic acids is 2. The van der Waals surface area contributed by atoms with Gasteiger partial charge in [0, 0.05) is 19.0 Å². The van der Waals surface area contributed by atoms with Crippen LogP contribution in [0.15, 0.2) is 54.7 Å². The summed E-state index contributed by atoms with van der Waals surface area (Å²) in [4.78, 5) is 27.7. The first-order chi connectivity index (χ1) is 14.2. The molecule has 30 heavy (non-hydrogen) atoms. The third-order valence-electron chi connectivity index (χ3n) is 5.64. The largest absolute Gasteiger partial charge is 0.326 e. The Labute approximate surface area is 175 Å². The van der Waals surface area contributed by atoms with E-state index in [1.54, 1.807) is 57.3 Å². The van der Waals surface area contributed by atoms with Gasteiger partial charge in [-0.15, -0.1) is 0 Å². The molecule has 3 rings (SSSR count). The molecule has 1 fully saturated rings. The molecule has 0 bridgehead atoms. The van der Waals surface area contributed by atoms with E-state index >= 15 is 0 Å². The quantitative estimate of drug-likeness (QED) is 0.792. The van der Waals surface area contributed by atoms with Gasteiger partial charge >= 0.3 is 0 Å². The van der Waals surface area contributed by atoms with Crippen LogP contribution in [-0.2, 0) is 16.0 Å². The summed E-state index contributed by atoms with van der Waals surface area (Å²) in [5, 5.41) is 12.3. The maximum Gasteiger partial charge on any atom is 0.271 e. The summed E-state index contributed by atoms with van der Waals surface area (Å²) in [6.07, 6.45) is 1.85. The molecule has 2 amide bonds. The predicted octanol–water partition coefficient (Wildman–Crippen LogP) is 3.66. The lowest BCUT2D eigenvalue weighted by Gasteiger charge is -2.42. The second kappa shape index (κ2) is 7.96. The van der Waals surface area contributed by atoms with Gasteiger partial charge in [0.15, 0.2) is 0 Å². The van der Waals surface area contributed by atoms with Crippen LogP contribution in [0.2, 0.25) is 0 Å². The molecular weight excluding hydrogens is 381 g/mol. The maximum atomic E-state index is 13.2. The predicted molar refractivity (Wildman–Crippen MR) is 113 cm³/mol. The number of nitrogens with zero attached hydrogens (tertiary/aromatic N) is 2. The van der Waals surface area contributed by atoms with Crippen LogP contribution in [-0.4, -0.2) is 29.3 Å². The Balaban J connectivity index is 2.04. The Morgan fingerprint density at radius 1 is 1.27 bits per heavy atom. The Kier molecular flexibility index (Phi) is 5.57. The summed E-state index contributed by atoms with van der Waals surface area (Å²) < 4.78 is 13.2. The van der Waals surface area contributed by atoms with Crippen LogP contribution in [0.5, 0.6) is 0 Å². The average Bonchev–Trinajstić information content (AvgIpc) is 2.75. The Morgan fingerprint density at radius 3 is 2.53 bits per heavy atom. The summed E-state index contributed by atoms with van der Waals surface area (Å²) in [5.74, 6) is -1.08. The second-order valence-electron chi connectivity index (χ2n) is 7.48. The van der Waals surface area contributed by atoms with Crippen molar-refractivity contribution in [1.29, 1.82) is 5.26 Å². The van der Waals surface area contributed by atoms with Crippen LogP contribution in [0.4, 0.5) is 4.39 Å². The van der Waals surface area contributed by atoms with Crippen molar-refractivity contribution in [2.45, 2.75) is 25.8 Å². The van der Waals surface area contributed by atoms with Gasteiger partial charge < -0.3 is 10.2 Å². The Hall–Kier alpha value is -3.72. The number of rotatable bonds is 4. The fraction of sp³-hybridized carbons (Fsp3) is 0.208. The first-order valence-corrected chi connectivity index (χ1v) is 9.43. The van der Waals surface area contributed by atoms with Gasteiger partial charge in [0.1, 0.15) is 17.1 Å². The summed E-state index contributed by atoms with van der Waals surface area (Å²) in [6.45, 7) is 7.15. The monoisotopic (exact) mass is 403 g/mol. The molecule has 0 aromatic heterocycles. The standard InChI is InChI=1S/C24H22FN3O2/c1-5-17-7-6-8-18(14-26)20(17)15(2)21-22(29)28(4)24(3,23(30)27-21)13-16-9-11-19(25)12-10-16/h5-12H,1,13H2,2-4H3,(H,27,30). The van der Waals surface area contributed by atoms with E-state index in [4.69, 9.17) is 0 Å². The van der Waals surface area contributed by atoms with E-state index in [1.165, 1.54) is 17.0 Å². The van der Waals surface area contributed by atoms with Crippen molar-refractivity contribution in [3.05, 3.63) is 82.8 Å². The highest BCUT2D eigenvalue weighted by Crippen LogP contribution is 2.31.